The summed E-state index contributed by atoms with van der Waals surface area (Å²) in [6.45, 7) is 2.24. The number of hydrogen-bond donors (Lipinski definition) is 1. The first-order chi connectivity index (χ1) is 14.2. The molecule has 0 aliphatic rings. The van der Waals surface area contributed by atoms with Crippen molar-refractivity contribution in [1.82, 2.24) is 24.8 Å². The number of hydrogen-bond acceptors (Lipinski definition) is 6. The molecular weight excluding hydrogens is 370 g/mol. The molecule has 0 fully saturated rings. The summed E-state index contributed by atoms with van der Waals surface area (Å²) < 4.78 is 12.7. The predicted octanol–water partition coefficient (Wildman–Crippen LogP) is 3.41. The Kier molecular flexibility index (Phi) is 4.09. The van der Waals surface area contributed by atoms with Crippen LogP contribution in [0.3, 0.4) is 0 Å². The number of carbonyl (C=O) groups excluding carboxylic acids is 1. The van der Waals surface area contributed by atoms with E-state index >= 15 is 0 Å². The van der Waals surface area contributed by atoms with Crippen LogP contribution in [-0.4, -0.2) is 32.0 Å². The Balaban J connectivity index is 1.39. The van der Waals surface area contributed by atoms with Gasteiger partial charge >= 0.3 is 0 Å². The molecule has 8 heteroatoms. The second-order valence-corrected chi connectivity index (χ2v) is 6.68. The Hall–Kier alpha value is -3.94. The maximum Gasteiger partial charge on any atom is 0.259 e. The molecule has 5 aromatic heterocycles. The number of carbonyl (C=O) groups is 1. The zero-order valence-corrected chi connectivity index (χ0v) is 15.6. The topological polar surface area (TPSA) is 98.5 Å². The van der Waals surface area contributed by atoms with Crippen LogP contribution in [0.15, 0.2) is 64.0 Å². The van der Waals surface area contributed by atoms with E-state index < -0.39 is 0 Å². The van der Waals surface area contributed by atoms with Crippen molar-refractivity contribution in [3.05, 3.63) is 72.0 Å². The number of rotatable bonds is 5. The van der Waals surface area contributed by atoms with Gasteiger partial charge < -0.3 is 18.7 Å². The van der Waals surface area contributed by atoms with Crippen molar-refractivity contribution in [2.24, 2.45) is 0 Å². The van der Waals surface area contributed by atoms with E-state index in [0.29, 0.717) is 46.8 Å². The minimum atomic E-state index is -0.222. The van der Waals surface area contributed by atoms with Crippen LogP contribution in [0.2, 0.25) is 0 Å². The molecule has 0 bridgehead atoms. The van der Waals surface area contributed by atoms with E-state index in [0.717, 1.165) is 11.3 Å². The van der Waals surface area contributed by atoms with Crippen LogP contribution >= 0.6 is 0 Å². The summed E-state index contributed by atoms with van der Waals surface area (Å²) in [5.41, 5.74) is 3.69. The second-order valence-electron chi connectivity index (χ2n) is 6.68. The van der Waals surface area contributed by atoms with Crippen molar-refractivity contribution in [2.45, 2.75) is 13.3 Å². The van der Waals surface area contributed by atoms with Crippen LogP contribution in [0.1, 0.15) is 21.7 Å². The van der Waals surface area contributed by atoms with Gasteiger partial charge in [-0.15, -0.1) is 0 Å². The number of amides is 1. The summed E-state index contributed by atoms with van der Waals surface area (Å²) in [6.07, 6.45) is 6.09. The monoisotopic (exact) mass is 387 g/mol. The normalized spacial score (nSPS) is 11.3. The lowest BCUT2D eigenvalue weighted by Gasteiger charge is -2.07. The van der Waals surface area contributed by atoms with Crippen molar-refractivity contribution >= 4 is 22.7 Å². The number of nitrogens with one attached hydrogen (secondary N) is 1. The Morgan fingerprint density at radius 3 is 2.97 bits per heavy atom. The molecule has 0 aliphatic heterocycles. The van der Waals surface area contributed by atoms with E-state index in [1.165, 1.54) is 0 Å². The van der Waals surface area contributed by atoms with E-state index in [-0.39, 0.29) is 5.91 Å². The van der Waals surface area contributed by atoms with Gasteiger partial charge in [-0.05, 0) is 37.3 Å². The Labute approximate surface area is 165 Å². The summed E-state index contributed by atoms with van der Waals surface area (Å²) in [5.74, 6) is 0.333. The van der Waals surface area contributed by atoms with Crippen molar-refractivity contribution in [2.75, 3.05) is 6.54 Å². The smallest absolute Gasteiger partial charge is 0.259 e. The summed E-state index contributed by atoms with van der Waals surface area (Å²) in [7, 11) is 0. The van der Waals surface area contributed by atoms with Crippen LogP contribution in [0.25, 0.3) is 28.2 Å². The Morgan fingerprint density at radius 1 is 1.21 bits per heavy atom. The van der Waals surface area contributed by atoms with Crippen molar-refractivity contribution in [3.63, 3.8) is 0 Å². The van der Waals surface area contributed by atoms with Gasteiger partial charge in [0.2, 0.25) is 0 Å². The molecule has 0 aliphatic carbocycles. The van der Waals surface area contributed by atoms with Crippen molar-refractivity contribution in [1.29, 1.82) is 0 Å². The highest BCUT2D eigenvalue weighted by atomic mass is 16.5. The molecule has 29 heavy (non-hydrogen) atoms. The molecule has 5 aromatic rings. The van der Waals surface area contributed by atoms with Crippen molar-refractivity contribution < 1.29 is 13.7 Å². The zero-order chi connectivity index (χ0) is 19.8. The second kappa shape index (κ2) is 6.90. The molecule has 0 saturated heterocycles. The van der Waals surface area contributed by atoms with Gasteiger partial charge in [0, 0.05) is 25.4 Å². The van der Waals surface area contributed by atoms with Gasteiger partial charge in [0.05, 0.1) is 28.6 Å². The molecular formula is C21H17N5O3. The van der Waals surface area contributed by atoms with Crippen LogP contribution in [0.4, 0.5) is 0 Å². The average Bonchev–Trinajstić information content (AvgIpc) is 3.47. The highest BCUT2D eigenvalue weighted by Crippen LogP contribution is 2.27. The van der Waals surface area contributed by atoms with Gasteiger partial charge in [0.15, 0.2) is 5.76 Å². The summed E-state index contributed by atoms with van der Waals surface area (Å²) in [5, 5.41) is 7.51. The van der Waals surface area contributed by atoms with E-state index in [1.807, 2.05) is 35.0 Å². The lowest BCUT2D eigenvalue weighted by molar-refractivity contribution is 0.0955. The van der Waals surface area contributed by atoms with Crippen molar-refractivity contribution in [3.8, 4) is 11.5 Å². The fraction of sp³-hybridized carbons (Fsp3) is 0.143. The number of aryl methyl sites for hydroxylation is 1. The fourth-order valence-corrected chi connectivity index (χ4v) is 3.33. The first kappa shape index (κ1) is 17.2. The van der Waals surface area contributed by atoms with Crippen LogP contribution in [0.5, 0.6) is 0 Å². The Morgan fingerprint density at radius 2 is 2.14 bits per heavy atom. The number of fused-ring (bicyclic) bond motifs is 2. The van der Waals surface area contributed by atoms with Crippen LogP contribution < -0.4 is 5.32 Å². The first-order valence-electron chi connectivity index (χ1n) is 9.21. The van der Waals surface area contributed by atoms with Gasteiger partial charge in [-0.1, -0.05) is 11.2 Å². The third kappa shape index (κ3) is 3.14. The first-order valence-corrected chi connectivity index (χ1v) is 9.21. The molecule has 1 N–H and O–H groups in total. The number of imidazole rings is 1. The highest BCUT2D eigenvalue weighted by Gasteiger charge is 2.20. The molecule has 0 atom stereocenters. The van der Waals surface area contributed by atoms with E-state index in [9.17, 15) is 4.79 Å². The molecule has 5 heterocycles. The van der Waals surface area contributed by atoms with Gasteiger partial charge in [0.25, 0.3) is 11.6 Å². The molecule has 0 aromatic carbocycles. The number of aromatic nitrogens is 4. The standard InChI is InChI=1S/C21H17N5O3/c1-13-19-15(11-16(17-5-4-10-28-17)24-21(19)29-25-13)20(27)22-8-7-14-12-26-9-3-2-6-18(26)23-14/h2-6,9-12H,7-8H2,1H3,(H,22,27). The summed E-state index contributed by atoms with van der Waals surface area (Å²) in [6, 6.07) is 11.1. The SMILES string of the molecule is Cc1noc2nc(-c3ccco3)cc(C(=O)NCCc3cn4ccccc4n3)c12. The lowest BCUT2D eigenvalue weighted by atomic mass is 10.1. The molecule has 5 rings (SSSR count). The van der Waals surface area contributed by atoms with Gasteiger partial charge in [0.1, 0.15) is 11.3 Å². The van der Waals surface area contributed by atoms with E-state index in [1.54, 1.807) is 31.4 Å². The molecule has 0 spiro atoms. The molecule has 0 radical (unpaired) electrons. The minimum absolute atomic E-state index is 0.222. The molecule has 1 amide bonds. The minimum Gasteiger partial charge on any atom is -0.463 e. The van der Waals surface area contributed by atoms with Gasteiger partial charge in [-0.2, -0.15) is 0 Å². The molecule has 8 nitrogen and oxygen atoms in total. The molecule has 144 valence electrons. The predicted molar refractivity (Wildman–Crippen MR) is 105 cm³/mol. The maximum absolute atomic E-state index is 12.9. The third-order valence-corrected chi connectivity index (χ3v) is 4.72. The summed E-state index contributed by atoms with van der Waals surface area (Å²) in [4.78, 5) is 21.9. The summed E-state index contributed by atoms with van der Waals surface area (Å²) >= 11 is 0. The average molecular weight is 387 g/mol. The van der Waals surface area contributed by atoms with Gasteiger partial charge in [-0.3, -0.25) is 4.79 Å². The maximum atomic E-state index is 12.9. The number of furan rings is 1. The van der Waals surface area contributed by atoms with E-state index in [2.05, 4.69) is 20.4 Å². The quantitative estimate of drug-likeness (QED) is 0.496. The number of pyridine rings is 2. The molecule has 0 saturated carbocycles. The number of nitrogens with zero attached hydrogens (tertiary/aromatic N) is 4. The third-order valence-electron chi connectivity index (χ3n) is 4.72. The zero-order valence-electron chi connectivity index (χ0n) is 15.6. The molecule has 0 unspecified atom stereocenters. The van der Waals surface area contributed by atoms with Gasteiger partial charge in [-0.25, -0.2) is 9.97 Å². The van der Waals surface area contributed by atoms with Crippen LogP contribution in [0, 0.1) is 6.92 Å². The lowest BCUT2D eigenvalue weighted by Crippen LogP contribution is -2.26. The van der Waals surface area contributed by atoms with E-state index in [4.69, 9.17) is 8.94 Å². The fourth-order valence-electron chi connectivity index (χ4n) is 3.33. The largest absolute Gasteiger partial charge is 0.463 e. The highest BCUT2D eigenvalue weighted by molar-refractivity contribution is 6.06. The van der Waals surface area contributed by atoms with Crippen LogP contribution in [-0.2, 0) is 6.42 Å². The Bertz CT molecular complexity index is 1280.